The number of thiophene rings is 1. The van der Waals surface area contributed by atoms with Gasteiger partial charge in [0.25, 0.3) is 0 Å². The van der Waals surface area contributed by atoms with Crippen molar-refractivity contribution in [3.8, 4) is 0 Å². The lowest BCUT2D eigenvalue weighted by atomic mass is 9.85. The van der Waals surface area contributed by atoms with E-state index < -0.39 is 11.9 Å². The predicted octanol–water partition coefficient (Wildman–Crippen LogP) is 4.93. The van der Waals surface area contributed by atoms with E-state index in [0.717, 1.165) is 44.6 Å². The van der Waals surface area contributed by atoms with Gasteiger partial charge in [0.05, 0.1) is 12.1 Å². The van der Waals surface area contributed by atoms with E-state index in [9.17, 15) is 14.4 Å². The molecule has 2 N–H and O–H groups in total. The highest BCUT2D eigenvalue weighted by atomic mass is 32.1. The average molecular weight is 533 g/mol. The van der Waals surface area contributed by atoms with Crippen molar-refractivity contribution < 1.29 is 29.3 Å². The molecule has 1 aliphatic heterocycles. The van der Waals surface area contributed by atoms with E-state index in [-0.39, 0.29) is 24.3 Å². The van der Waals surface area contributed by atoms with Gasteiger partial charge in [0.15, 0.2) is 0 Å². The maximum atomic E-state index is 12.9. The van der Waals surface area contributed by atoms with Crippen LogP contribution in [0.4, 0.5) is 5.69 Å². The molecule has 0 atom stereocenters. The summed E-state index contributed by atoms with van der Waals surface area (Å²) in [6, 6.07) is 14.4. The fraction of sp³-hybridized carbons (Fsp3) is 0.536. The number of nitrogens with zero attached hydrogens (tertiary/aromatic N) is 2. The number of rotatable bonds is 13. The Bertz CT molecular complexity index is 927. The number of carboxylic acids is 2. The van der Waals surface area contributed by atoms with Gasteiger partial charge in [-0.05, 0) is 55.7 Å². The number of ether oxygens (including phenoxy) is 1. The first-order valence-electron chi connectivity index (χ1n) is 12.9. The topological polar surface area (TPSA) is 107 Å². The predicted molar refractivity (Wildman–Crippen MR) is 146 cm³/mol. The molecule has 1 saturated heterocycles. The van der Waals surface area contributed by atoms with E-state index in [2.05, 4.69) is 22.4 Å². The zero-order valence-corrected chi connectivity index (χ0v) is 22.8. The monoisotopic (exact) mass is 532 g/mol. The molecular formula is C28H40N2O6S. The first-order chi connectivity index (χ1) is 17.8. The van der Waals surface area contributed by atoms with Crippen molar-refractivity contribution in [3.05, 3.63) is 52.7 Å². The van der Waals surface area contributed by atoms with Crippen LogP contribution in [0, 0.1) is 0 Å². The Morgan fingerprint density at radius 2 is 1.62 bits per heavy atom. The van der Waals surface area contributed by atoms with Crippen LogP contribution in [0.25, 0.3) is 0 Å². The lowest BCUT2D eigenvalue weighted by Gasteiger charge is -2.48. The van der Waals surface area contributed by atoms with Crippen LogP contribution in [0.15, 0.2) is 47.8 Å². The van der Waals surface area contributed by atoms with Gasteiger partial charge in [-0.25, -0.2) is 0 Å². The molecule has 0 spiro atoms. The average Bonchev–Trinajstić information content (AvgIpc) is 3.41. The summed E-state index contributed by atoms with van der Waals surface area (Å²) in [4.78, 5) is 38.7. The van der Waals surface area contributed by atoms with Gasteiger partial charge in [-0.1, -0.05) is 31.2 Å². The van der Waals surface area contributed by atoms with Crippen LogP contribution in [0.3, 0.4) is 0 Å². The molecule has 0 aliphatic carbocycles. The van der Waals surface area contributed by atoms with E-state index in [1.54, 1.807) is 7.11 Å². The third kappa shape index (κ3) is 10.3. The normalized spacial score (nSPS) is 14.9. The summed E-state index contributed by atoms with van der Waals surface area (Å²) in [6.45, 7) is 5.59. The van der Waals surface area contributed by atoms with Gasteiger partial charge >= 0.3 is 11.9 Å². The van der Waals surface area contributed by atoms with Crippen molar-refractivity contribution in [1.82, 2.24) is 4.90 Å². The highest BCUT2D eigenvalue weighted by molar-refractivity contribution is 7.09. The van der Waals surface area contributed by atoms with Gasteiger partial charge in [0.1, 0.15) is 0 Å². The minimum Gasteiger partial charge on any atom is -0.481 e. The van der Waals surface area contributed by atoms with Crippen molar-refractivity contribution in [1.29, 1.82) is 0 Å². The molecule has 0 radical (unpaired) electrons. The number of amides is 1. The number of unbranched alkanes of at least 4 members (excludes halogenated alkanes) is 1. The molecule has 1 amide bonds. The molecule has 9 heteroatoms. The van der Waals surface area contributed by atoms with Crippen LogP contribution in [0.2, 0.25) is 0 Å². The summed E-state index contributed by atoms with van der Waals surface area (Å²) < 4.78 is 5.63. The molecule has 8 nitrogen and oxygen atoms in total. The molecule has 0 unspecified atom stereocenters. The lowest BCUT2D eigenvalue weighted by Crippen LogP contribution is -2.60. The van der Waals surface area contributed by atoms with Crippen molar-refractivity contribution in [2.45, 2.75) is 63.8 Å². The van der Waals surface area contributed by atoms with Gasteiger partial charge in [-0.3, -0.25) is 14.4 Å². The van der Waals surface area contributed by atoms with E-state index in [1.165, 1.54) is 4.88 Å². The number of benzene rings is 1. The molecule has 0 saturated carbocycles. The van der Waals surface area contributed by atoms with Gasteiger partial charge in [-0.2, -0.15) is 0 Å². The molecule has 204 valence electrons. The number of carboxylic acid groups (broad SMARTS) is 2. The van der Waals surface area contributed by atoms with Gasteiger partial charge in [0, 0.05) is 56.6 Å². The molecule has 37 heavy (non-hydrogen) atoms. The number of hydrogen-bond donors (Lipinski definition) is 2. The number of carbonyl (C=O) groups excluding carboxylic acids is 1. The molecule has 2 heterocycles. The smallest absolute Gasteiger partial charge is 0.303 e. The van der Waals surface area contributed by atoms with Crippen LogP contribution >= 0.6 is 11.3 Å². The van der Waals surface area contributed by atoms with Gasteiger partial charge in [0.2, 0.25) is 5.91 Å². The summed E-state index contributed by atoms with van der Waals surface area (Å²) >= 11 is 1.83. The summed E-state index contributed by atoms with van der Waals surface area (Å²) in [5.74, 6) is -1.57. The Morgan fingerprint density at radius 3 is 2.11 bits per heavy atom. The Hall–Kier alpha value is -2.75. The largest absolute Gasteiger partial charge is 0.481 e. The maximum Gasteiger partial charge on any atom is 0.303 e. The minimum absolute atomic E-state index is 0.0628. The van der Waals surface area contributed by atoms with Crippen LogP contribution in [0.1, 0.15) is 56.7 Å². The number of anilines is 1. The minimum atomic E-state index is -0.870. The van der Waals surface area contributed by atoms with Gasteiger partial charge < -0.3 is 24.7 Å². The number of carbonyl (C=O) groups is 3. The highest BCUT2D eigenvalue weighted by Gasteiger charge is 2.42. The Balaban J connectivity index is 0.000000410. The Kier molecular flexibility index (Phi) is 13.3. The summed E-state index contributed by atoms with van der Waals surface area (Å²) in [5, 5.41) is 18.4. The lowest BCUT2D eigenvalue weighted by molar-refractivity contribution is -0.139. The maximum absolute atomic E-state index is 12.9. The van der Waals surface area contributed by atoms with Crippen LogP contribution in [0.5, 0.6) is 0 Å². The number of piperidine rings is 1. The number of para-hydroxylation sites is 1. The molecular weight excluding hydrogens is 492 g/mol. The van der Waals surface area contributed by atoms with Crippen LogP contribution in [-0.4, -0.2) is 71.8 Å². The van der Waals surface area contributed by atoms with E-state index >= 15 is 0 Å². The van der Waals surface area contributed by atoms with Crippen molar-refractivity contribution in [2.75, 3.05) is 38.3 Å². The van der Waals surface area contributed by atoms with Crippen LogP contribution < -0.4 is 4.90 Å². The molecule has 1 aromatic carbocycles. The van der Waals surface area contributed by atoms with E-state index in [4.69, 9.17) is 14.9 Å². The fourth-order valence-corrected chi connectivity index (χ4v) is 5.29. The second kappa shape index (κ2) is 16.2. The SMILES string of the molecule is CCC(=O)N(c1ccccc1)C1(COC)CCN(CCc2cccs2)CC1.O=C(O)CCCCC(=O)O. The first-order valence-corrected chi connectivity index (χ1v) is 13.7. The number of hydrogen-bond acceptors (Lipinski definition) is 6. The van der Waals surface area contributed by atoms with Crippen LogP contribution in [-0.2, 0) is 25.5 Å². The van der Waals surface area contributed by atoms with Gasteiger partial charge in [-0.15, -0.1) is 11.3 Å². The molecule has 1 aromatic heterocycles. The van der Waals surface area contributed by atoms with Crippen molar-refractivity contribution in [3.63, 3.8) is 0 Å². The third-order valence-corrected chi connectivity index (χ3v) is 7.46. The summed E-state index contributed by atoms with van der Waals surface area (Å²) in [5.41, 5.74) is 0.719. The fourth-order valence-electron chi connectivity index (χ4n) is 4.59. The molecule has 0 bridgehead atoms. The highest BCUT2D eigenvalue weighted by Crippen LogP contribution is 2.34. The molecule has 3 rings (SSSR count). The van der Waals surface area contributed by atoms with E-state index in [1.807, 2.05) is 53.5 Å². The first kappa shape index (κ1) is 30.5. The van der Waals surface area contributed by atoms with Crippen molar-refractivity contribution >= 4 is 34.9 Å². The number of likely N-dealkylation sites (tertiary alicyclic amines) is 1. The number of aliphatic carboxylic acids is 2. The molecule has 2 aromatic rings. The zero-order valence-electron chi connectivity index (χ0n) is 21.9. The summed E-state index contributed by atoms with van der Waals surface area (Å²) in [6.07, 6.45) is 4.50. The Morgan fingerprint density at radius 1 is 1.00 bits per heavy atom. The Labute approximate surface area is 223 Å². The third-order valence-electron chi connectivity index (χ3n) is 6.53. The molecule has 1 fully saturated rings. The standard InChI is InChI=1S/C22H30N2O2S.C6H10O4/c1-3-21(25)24(19-8-5-4-6-9-19)22(18-26-2)12-15-23(16-13-22)14-11-20-10-7-17-27-20;7-5(8)3-1-2-4-6(9)10/h4-10,17H,3,11-16,18H2,1-2H3;1-4H2,(H,7,8)(H,9,10). The quantitative estimate of drug-likeness (QED) is 0.352. The zero-order chi connectivity index (χ0) is 27.1. The second-order valence-electron chi connectivity index (χ2n) is 9.24. The summed E-state index contributed by atoms with van der Waals surface area (Å²) in [7, 11) is 1.74. The van der Waals surface area contributed by atoms with E-state index in [0.29, 0.717) is 25.9 Å². The number of methoxy groups -OCH3 is 1. The molecule has 1 aliphatic rings. The van der Waals surface area contributed by atoms with Crippen molar-refractivity contribution in [2.24, 2.45) is 0 Å². The second-order valence-corrected chi connectivity index (χ2v) is 10.3.